The van der Waals surface area contributed by atoms with Crippen molar-refractivity contribution in [2.45, 2.75) is 33.1 Å². The van der Waals surface area contributed by atoms with Gasteiger partial charge in [0.25, 0.3) is 5.91 Å². The van der Waals surface area contributed by atoms with Crippen molar-refractivity contribution >= 4 is 28.4 Å². The number of hydrogen-bond donors (Lipinski definition) is 3. The first kappa shape index (κ1) is 33.8. The van der Waals surface area contributed by atoms with Crippen molar-refractivity contribution in [1.29, 1.82) is 5.26 Å². The minimum Gasteiger partial charge on any atom is -0.396 e. The van der Waals surface area contributed by atoms with Gasteiger partial charge in [0.2, 0.25) is 0 Å². The molecule has 0 atom stereocenters. The van der Waals surface area contributed by atoms with Gasteiger partial charge >= 0.3 is 0 Å². The molecule has 3 N–H and O–H groups in total. The number of aliphatic hydroxyl groups excluding tert-OH is 2. The molecular weight excluding hydrogens is 654 g/mol. The van der Waals surface area contributed by atoms with E-state index in [1.54, 1.807) is 6.08 Å². The first-order valence-electron chi connectivity index (χ1n) is 13.0. The van der Waals surface area contributed by atoms with Crippen molar-refractivity contribution in [2.24, 2.45) is 5.92 Å². The summed E-state index contributed by atoms with van der Waals surface area (Å²) in [5, 5.41) is 31.1. The standard InChI is InChI=1S/C25H31N3O4.C4H10O.W/c26-19-23(25(30)27-8-12-31-14-15-32-13-11-29)17-20-4-5-22-18-24(7-6-21(22)16-20)28-9-2-1-3-10-28;1-4(2)3-5;/h4-7,16-18,29H,1-3,8-15H2,(H,27,30);4-5H,3H2,1-2H3;/b23-17+;;. The summed E-state index contributed by atoms with van der Waals surface area (Å²) in [5.41, 5.74) is 2.12. The maximum Gasteiger partial charge on any atom is 0.262 e. The van der Waals surface area contributed by atoms with E-state index >= 15 is 0 Å². The molecule has 0 aliphatic carbocycles. The smallest absolute Gasteiger partial charge is 0.262 e. The molecule has 0 unspecified atom stereocenters. The van der Waals surface area contributed by atoms with Gasteiger partial charge in [-0.15, -0.1) is 0 Å². The van der Waals surface area contributed by atoms with Gasteiger partial charge < -0.3 is 29.9 Å². The van der Waals surface area contributed by atoms with Gasteiger partial charge in [-0.3, -0.25) is 4.79 Å². The minimum absolute atomic E-state index is 0. The largest absolute Gasteiger partial charge is 0.396 e. The summed E-state index contributed by atoms with van der Waals surface area (Å²) < 4.78 is 10.4. The summed E-state index contributed by atoms with van der Waals surface area (Å²) in [6, 6.07) is 14.4. The molecule has 38 heavy (non-hydrogen) atoms. The van der Waals surface area contributed by atoms with E-state index in [1.807, 2.05) is 38.1 Å². The Morgan fingerprint density at radius 3 is 2.29 bits per heavy atom. The van der Waals surface area contributed by atoms with Gasteiger partial charge in [-0.05, 0) is 65.8 Å². The van der Waals surface area contributed by atoms with Crippen LogP contribution in [0.15, 0.2) is 42.0 Å². The third kappa shape index (κ3) is 12.5. The minimum atomic E-state index is -0.423. The topological polar surface area (TPSA) is 115 Å². The van der Waals surface area contributed by atoms with Gasteiger partial charge in [-0.2, -0.15) is 5.26 Å². The van der Waals surface area contributed by atoms with E-state index in [4.69, 9.17) is 19.7 Å². The predicted molar refractivity (Wildman–Crippen MR) is 147 cm³/mol. The molecule has 9 heteroatoms. The monoisotopic (exact) mass is 695 g/mol. The predicted octanol–water partition coefficient (Wildman–Crippen LogP) is 3.51. The molecule has 2 aromatic rings. The number of carbonyl (C=O) groups excluding carboxylic acids is 1. The third-order valence-corrected chi connectivity index (χ3v) is 5.75. The molecule has 2 aromatic carbocycles. The molecule has 1 heterocycles. The molecule has 1 amide bonds. The number of benzene rings is 2. The van der Waals surface area contributed by atoms with E-state index in [9.17, 15) is 10.1 Å². The molecule has 1 saturated heterocycles. The van der Waals surface area contributed by atoms with Crippen LogP contribution in [0, 0.1) is 17.2 Å². The number of anilines is 1. The Morgan fingerprint density at radius 1 is 1.03 bits per heavy atom. The summed E-state index contributed by atoms with van der Waals surface area (Å²) in [6.45, 7) is 8.12. The summed E-state index contributed by atoms with van der Waals surface area (Å²) in [4.78, 5) is 14.8. The Bertz CT molecular complexity index is 1030. The van der Waals surface area contributed by atoms with Crippen molar-refractivity contribution in [3.8, 4) is 6.07 Å². The van der Waals surface area contributed by atoms with Gasteiger partial charge in [-0.1, -0.05) is 32.0 Å². The number of fused-ring (bicyclic) bond motifs is 1. The van der Waals surface area contributed by atoms with Crippen LogP contribution in [0.4, 0.5) is 5.69 Å². The van der Waals surface area contributed by atoms with Crippen LogP contribution in [0.3, 0.4) is 0 Å². The SMILES string of the molecule is CC(C)CO.N#C/C(=C\c1ccc2cc(N3CCCCC3)ccc2c1)C(=O)NCCOCCOCCO.[W]. The number of rotatable bonds is 12. The summed E-state index contributed by atoms with van der Waals surface area (Å²) in [5.74, 6) is 0.0168. The van der Waals surface area contributed by atoms with E-state index in [0.717, 1.165) is 29.4 Å². The summed E-state index contributed by atoms with van der Waals surface area (Å²) in [7, 11) is 0. The summed E-state index contributed by atoms with van der Waals surface area (Å²) in [6.07, 6.45) is 5.40. The average molecular weight is 696 g/mol. The number of aliphatic hydroxyl groups is 2. The number of piperidine rings is 1. The van der Waals surface area contributed by atoms with Crippen LogP contribution in [0.1, 0.15) is 38.7 Å². The zero-order chi connectivity index (χ0) is 26.9. The number of nitriles is 1. The molecule has 208 valence electrons. The second kappa shape index (κ2) is 19.7. The number of carbonyl (C=O) groups is 1. The van der Waals surface area contributed by atoms with Gasteiger partial charge in [0, 0.05) is 53.0 Å². The molecule has 0 bridgehead atoms. The number of nitrogens with one attached hydrogen (secondary N) is 1. The maximum atomic E-state index is 12.3. The summed E-state index contributed by atoms with van der Waals surface area (Å²) >= 11 is 0. The maximum absolute atomic E-state index is 12.3. The van der Waals surface area contributed by atoms with Crippen LogP contribution in [-0.2, 0) is 35.3 Å². The molecule has 1 aliphatic heterocycles. The number of amides is 1. The molecule has 0 aromatic heterocycles. The zero-order valence-corrected chi connectivity index (χ0v) is 25.5. The molecule has 0 saturated carbocycles. The Kier molecular flexibility index (Phi) is 17.5. The number of ether oxygens (including phenoxy) is 2. The van der Waals surface area contributed by atoms with E-state index in [1.165, 1.54) is 24.9 Å². The molecule has 0 spiro atoms. The molecule has 0 radical (unpaired) electrons. The first-order chi connectivity index (χ1) is 18.0. The normalized spacial score (nSPS) is 13.4. The van der Waals surface area contributed by atoms with Crippen molar-refractivity contribution in [1.82, 2.24) is 5.32 Å². The van der Waals surface area contributed by atoms with E-state index in [0.29, 0.717) is 38.9 Å². The fourth-order valence-electron chi connectivity index (χ4n) is 3.72. The molecular formula is C29H41N3O5W. The third-order valence-electron chi connectivity index (χ3n) is 5.75. The van der Waals surface area contributed by atoms with Crippen LogP contribution >= 0.6 is 0 Å². The number of hydrogen-bond acceptors (Lipinski definition) is 7. The zero-order valence-electron chi connectivity index (χ0n) is 22.5. The fraction of sp³-hybridized carbons (Fsp3) is 0.517. The molecule has 8 nitrogen and oxygen atoms in total. The van der Waals surface area contributed by atoms with Crippen LogP contribution < -0.4 is 10.2 Å². The fourth-order valence-corrected chi connectivity index (χ4v) is 3.72. The van der Waals surface area contributed by atoms with Gasteiger partial charge in [0.05, 0.1) is 33.0 Å². The van der Waals surface area contributed by atoms with Crippen LogP contribution in [0.5, 0.6) is 0 Å². The van der Waals surface area contributed by atoms with Crippen LogP contribution in [0.25, 0.3) is 16.8 Å². The van der Waals surface area contributed by atoms with E-state index in [2.05, 4.69) is 28.4 Å². The Morgan fingerprint density at radius 2 is 1.66 bits per heavy atom. The Balaban J connectivity index is 0.00000110. The van der Waals surface area contributed by atoms with Gasteiger partial charge in [-0.25, -0.2) is 0 Å². The molecule has 1 aliphatic rings. The van der Waals surface area contributed by atoms with Crippen LogP contribution in [0.2, 0.25) is 0 Å². The average Bonchev–Trinajstić information content (AvgIpc) is 2.93. The van der Waals surface area contributed by atoms with E-state index in [-0.39, 0.29) is 39.9 Å². The van der Waals surface area contributed by atoms with Crippen molar-refractivity contribution < 1.29 is 45.5 Å². The van der Waals surface area contributed by atoms with Gasteiger partial charge in [0.1, 0.15) is 11.6 Å². The first-order valence-corrected chi connectivity index (χ1v) is 13.0. The second-order valence-electron chi connectivity index (χ2n) is 9.29. The molecule has 3 rings (SSSR count). The quantitative estimate of drug-likeness (QED) is 0.177. The number of nitrogens with zero attached hydrogens (tertiary/aromatic N) is 2. The Labute approximate surface area is 240 Å². The van der Waals surface area contributed by atoms with Gasteiger partial charge in [0.15, 0.2) is 0 Å². The Hall–Kier alpha value is -2.27. The van der Waals surface area contributed by atoms with Crippen molar-refractivity contribution in [3.05, 3.63) is 47.5 Å². The molecule has 1 fully saturated rings. The second-order valence-corrected chi connectivity index (χ2v) is 9.29. The van der Waals surface area contributed by atoms with E-state index < -0.39 is 5.91 Å². The van der Waals surface area contributed by atoms with Crippen LogP contribution in [-0.4, -0.2) is 75.4 Å². The van der Waals surface area contributed by atoms with Crippen molar-refractivity contribution in [3.63, 3.8) is 0 Å². The van der Waals surface area contributed by atoms with Crippen molar-refractivity contribution in [2.75, 3.05) is 64.2 Å².